The quantitative estimate of drug-likeness (QED) is 0.684. The fraction of sp³-hybridized carbons (Fsp3) is 0.333. The third-order valence-corrected chi connectivity index (χ3v) is 4.36. The number of aliphatic imine (C=N–C) groups is 1. The molecule has 0 spiro atoms. The Bertz CT molecular complexity index is 899. The molecule has 0 bridgehead atoms. The summed E-state index contributed by atoms with van der Waals surface area (Å²) >= 11 is 0. The van der Waals surface area contributed by atoms with E-state index in [4.69, 9.17) is 0 Å². The van der Waals surface area contributed by atoms with Gasteiger partial charge in [-0.3, -0.25) is 5.10 Å². The number of hydrogen-bond donors (Lipinski definition) is 3. The highest BCUT2D eigenvalue weighted by molar-refractivity contribution is 5.88. The molecule has 3 N–H and O–H groups in total. The largest absolute Gasteiger partial charge is 0.340 e. The summed E-state index contributed by atoms with van der Waals surface area (Å²) in [4.78, 5) is 13.4. The highest BCUT2D eigenvalue weighted by atomic mass is 15.1. The number of nitrogens with zero attached hydrogens (tertiary/aromatic N) is 4. The summed E-state index contributed by atoms with van der Waals surface area (Å²) in [5.41, 5.74) is 3.08. The van der Waals surface area contributed by atoms with E-state index in [1.54, 1.807) is 12.4 Å². The summed E-state index contributed by atoms with van der Waals surface area (Å²) in [6.07, 6.45) is 5.68. The first-order valence-corrected chi connectivity index (χ1v) is 8.56. The van der Waals surface area contributed by atoms with Gasteiger partial charge in [0.1, 0.15) is 5.82 Å². The van der Waals surface area contributed by atoms with E-state index in [0.717, 1.165) is 54.1 Å². The van der Waals surface area contributed by atoms with Crippen molar-refractivity contribution in [2.75, 3.05) is 18.4 Å². The molecule has 25 heavy (non-hydrogen) atoms. The van der Waals surface area contributed by atoms with Crippen molar-refractivity contribution in [1.29, 1.82) is 0 Å². The number of hydrogen-bond acceptors (Lipinski definition) is 6. The molecule has 1 aliphatic heterocycles. The van der Waals surface area contributed by atoms with Gasteiger partial charge < -0.3 is 10.6 Å². The minimum Gasteiger partial charge on any atom is -0.340 e. The molecule has 128 valence electrons. The Kier molecular flexibility index (Phi) is 4.39. The van der Waals surface area contributed by atoms with Crippen molar-refractivity contribution in [3.8, 4) is 0 Å². The number of fused-ring (bicyclic) bond motifs is 1. The van der Waals surface area contributed by atoms with Gasteiger partial charge in [-0.1, -0.05) is 6.92 Å². The molecular formula is C18H21N7. The predicted octanol–water partition coefficient (Wildman–Crippen LogP) is 3.19. The lowest BCUT2D eigenvalue weighted by Gasteiger charge is -2.06. The third-order valence-electron chi connectivity index (χ3n) is 4.36. The minimum absolute atomic E-state index is 0.501. The van der Waals surface area contributed by atoms with Gasteiger partial charge in [-0.25, -0.2) is 9.98 Å². The van der Waals surface area contributed by atoms with E-state index in [1.165, 1.54) is 0 Å². The highest BCUT2D eigenvalue weighted by Gasteiger charge is 2.11. The lowest BCUT2D eigenvalue weighted by Crippen LogP contribution is -2.22. The van der Waals surface area contributed by atoms with Crippen LogP contribution in [0.4, 0.5) is 17.5 Å². The van der Waals surface area contributed by atoms with Crippen molar-refractivity contribution in [3.63, 3.8) is 0 Å². The van der Waals surface area contributed by atoms with Gasteiger partial charge in [-0.05, 0) is 49.6 Å². The van der Waals surface area contributed by atoms with Crippen LogP contribution in [0.15, 0.2) is 41.7 Å². The molecule has 0 aliphatic carbocycles. The second-order valence-electron chi connectivity index (χ2n) is 6.49. The molecule has 1 unspecified atom stereocenters. The summed E-state index contributed by atoms with van der Waals surface area (Å²) in [6.45, 7) is 4.11. The summed E-state index contributed by atoms with van der Waals surface area (Å²) in [6, 6.07) is 7.86. The zero-order valence-electron chi connectivity index (χ0n) is 14.2. The standard InChI is InChI=1S/C18H21N7/c1-12-2-3-15(11-19-9-12)23-18-20-7-6-17(24-18)22-14-4-5-16-13(8-14)10-21-25-16/h4-8,10,12,19H,2-3,9,11H2,1H3,(H,21,25)(H,20,22,24). The average molecular weight is 335 g/mol. The topological polar surface area (TPSA) is 90.9 Å². The van der Waals surface area contributed by atoms with E-state index < -0.39 is 0 Å². The number of rotatable bonds is 3. The Labute approximate surface area is 146 Å². The van der Waals surface area contributed by atoms with Crippen LogP contribution in [0.2, 0.25) is 0 Å². The van der Waals surface area contributed by atoms with Crippen LogP contribution in [0.25, 0.3) is 10.9 Å². The van der Waals surface area contributed by atoms with Crippen LogP contribution in [0.3, 0.4) is 0 Å². The molecule has 2 aromatic heterocycles. The normalized spacial score (nSPS) is 19.9. The molecule has 0 saturated carbocycles. The molecule has 1 fully saturated rings. The molecule has 1 aliphatic rings. The number of anilines is 2. The molecule has 0 amide bonds. The maximum Gasteiger partial charge on any atom is 0.251 e. The van der Waals surface area contributed by atoms with Crippen LogP contribution >= 0.6 is 0 Å². The average Bonchev–Trinajstić information content (AvgIpc) is 2.98. The number of nitrogens with one attached hydrogen (secondary N) is 3. The van der Waals surface area contributed by atoms with E-state index >= 15 is 0 Å². The van der Waals surface area contributed by atoms with Crippen molar-refractivity contribution < 1.29 is 0 Å². The molecule has 1 atom stereocenters. The Hall–Kier alpha value is -2.80. The van der Waals surface area contributed by atoms with Crippen molar-refractivity contribution in [3.05, 3.63) is 36.7 Å². The molecule has 3 heterocycles. The molecule has 1 aromatic carbocycles. The maximum absolute atomic E-state index is 4.63. The highest BCUT2D eigenvalue weighted by Crippen LogP contribution is 2.21. The summed E-state index contributed by atoms with van der Waals surface area (Å²) in [5.74, 6) is 1.91. The van der Waals surface area contributed by atoms with Crippen LogP contribution in [0, 0.1) is 5.92 Å². The summed E-state index contributed by atoms with van der Waals surface area (Å²) in [7, 11) is 0. The zero-order valence-corrected chi connectivity index (χ0v) is 14.2. The summed E-state index contributed by atoms with van der Waals surface area (Å²) < 4.78 is 0. The van der Waals surface area contributed by atoms with Crippen molar-refractivity contribution in [2.45, 2.75) is 19.8 Å². The SMILES string of the molecule is CC1CCC(=Nc2nccc(Nc3ccc4[nH]ncc4c3)n2)CNC1. The molecule has 0 radical (unpaired) electrons. The second kappa shape index (κ2) is 6.98. The Balaban J connectivity index is 1.52. The molecule has 3 aromatic rings. The van der Waals surface area contributed by atoms with Crippen molar-refractivity contribution in [2.24, 2.45) is 10.9 Å². The first-order valence-electron chi connectivity index (χ1n) is 8.56. The van der Waals surface area contributed by atoms with Gasteiger partial charge in [0, 0.05) is 29.5 Å². The fourth-order valence-corrected chi connectivity index (χ4v) is 2.94. The van der Waals surface area contributed by atoms with Gasteiger partial charge in [-0.2, -0.15) is 10.1 Å². The van der Waals surface area contributed by atoms with Crippen LogP contribution in [-0.2, 0) is 0 Å². The third kappa shape index (κ3) is 3.83. The Morgan fingerprint density at radius 3 is 3.20 bits per heavy atom. The van der Waals surface area contributed by atoms with Gasteiger partial charge in [0.15, 0.2) is 0 Å². The van der Waals surface area contributed by atoms with E-state index in [2.05, 4.69) is 42.7 Å². The van der Waals surface area contributed by atoms with E-state index in [9.17, 15) is 0 Å². The van der Waals surface area contributed by atoms with Crippen molar-refractivity contribution >= 4 is 34.1 Å². The first-order chi connectivity index (χ1) is 12.3. The van der Waals surface area contributed by atoms with Gasteiger partial charge in [0.2, 0.25) is 0 Å². The number of benzene rings is 1. The lowest BCUT2D eigenvalue weighted by molar-refractivity contribution is 0.527. The van der Waals surface area contributed by atoms with Gasteiger partial charge in [-0.15, -0.1) is 0 Å². The Morgan fingerprint density at radius 1 is 1.28 bits per heavy atom. The van der Waals surface area contributed by atoms with Gasteiger partial charge in [0.05, 0.1) is 11.7 Å². The van der Waals surface area contributed by atoms with Crippen LogP contribution in [-0.4, -0.2) is 39.0 Å². The predicted molar refractivity (Wildman–Crippen MR) is 99.8 cm³/mol. The van der Waals surface area contributed by atoms with E-state index in [1.807, 2.05) is 24.3 Å². The van der Waals surface area contributed by atoms with Crippen LogP contribution in [0.5, 0.6) is 0 Å². The van der Waals surface area contributed by atoms with Gasteiger partial charge in [0.25, 0.3) is 5.95 Å². The number of H-pyrrole nitrogens is 1. The Morgan fingerprint density at radius 2 is 2.24 bits per heavy atom. The minimum atomic E-state index is 0.501. The molecule has 7 heteroatoms. The molecule has 7 nitrogen and oxygen atoms in total. The van der Waals surface area contributed by atoms with E-state index in [-0.39, 0.29) is 0 Å². The fourth-order valence-electron chi connectivity index (χ4n) is 2.94. The monoisotopic (exact) mass is 335 g/mol. The molecule has 1 saturated heterocycles. The maximum atomic E-state index is 4.63. The van der Waals surface area contributed by atoms with Crippen LogP contribution < -0.4 is 10.6 Å². The first kappa shape index (κ1) is 15.7. The molecule has 4 rings (SSSR count). The zero-order chi connectivity index (χ0) is 17.1. The summed E-state index contributed by atoms with van der Waals surface area (Å²) in [5, 5.41) is 14.8. The van der Waals surface area contributed by atoms with Gasteiger partial charge >= 0.3 is 0 Å². The lowest BCUT2D eigenvalue weighted by atomic mass is 10.1. The number of aromatic nitrogens is 4. The molecular weight excluding hydrogens is 314 g/mol. The smallest absolute Gasteiger partial charge is 0.251 e. The van der Waals surface area contributed by atoms with Crippen LogP contribution in [0.1, 0.15) is 19.8 Å². The van der Waals surface area contributed by atoms with Crippen molar-refractivity contribution in [1.82, 2.24) is 25.5 Å². The number of aromatic amines is 1. The van der Waals surface area contributed by atoms with E-state index in [0.29, 0.717) is 11.9 Å². The second-order valence-corrected chi connectivity index (χ2v) is 6.49.